The van der Waals surface area contributed by atoms with Crippen LogP contribution in [0.1, 0.15) is 5.56 Å². The Morgan fingerprint density at radius 2 is 1.61 bits per heavy atom. The maximum atomic E-state index is 13.5. The van der Waals surface area contributed by atoms with Gasteiger partial charge in [-0.3, -0.25) is 14.7 Å². The first-order valence-electron chi connectivity index (χ1n) is 9.73. The zero-order chi connectivity index (χ0) is 21.4. The Morgan fingerprint density at radius 3 is 2.35 bits per heavy atom. The van der Waals surface area contributed by atoms with Crippen LogP contribution >= 0.6 is 23.5 Å². The number of carbonyl (C=O) groups is 1. The largest absolute Gasteiger partial charge is 0.337 e. The van der Waals surface area contributed by atoms with Crippen molar-refractivity contribution in [2.45, 2.75) is 11.4 Å². The maximum absolute atomic E-state index is 13.5. The third kappa shape index (κ3) is 3.75. The first-order valence-corrected chi connectivity index (χ1v) is 11.4. The number of fused-ring (bicyclic) bond motifs is 1. The van der Waals surface area contributed by atoms with Crippen LogP contribution in [0, 0.1) is 5.82 Å². The molecule has 0 spiro atoms. The molecule has 0 radical (unpaired) electrons. The highest BCUT2D eigenvalue weighted by molar-refractivity contribution is 8.20. The average Bonchev–Trinajstić information content (AvgIpc) is 3.30. The fourth-order valence-corrected chi connectivity index (χ4v) is 5.79. The molecule has 31 heavy (non-hydrogen) atoms. The number of para-hydroxylation sites is 1. The Hall–Kier alpha value is -3.03. The van der Waals surface area contributed by atoms with Gasteiger partial charge < -0.3 is 4.90 Å². The van der Waals surface area contributed by atoms with Crippen molar-refractivity contribution in [1.82, 2.24) is 0 Å². The van der Waals surface area contributed by atoms with Gasteiger partial charge in [0.25, 0.3) is 5.91 Å². The number of carbonyl (C=O) groups excluding carboxylic acids is 1. The number of nitrogens with zero attached hydrogens (tertiary/aromatic N) is 3. The van der Waals surface area contributed by atoms with Gasteiger partial charge in [0.1, 0.15) is 10.7 Å². The molecule has 5 rings (SSSR count). The van der Waals surface area contributed by atoms with E-state index in [0.29, 0.717) is 22.3 Å². The number of hydrogen-bond donors (Lipinski definition) is 0. The van der Waals surface area contributed by atoms with E-state index in [4.69, 9.17) is 4.99 Å². The molecular weight excluding hydrogens is 429 g/mol. The standard InChI is InChI=1S/C24H18FN3OS2/c1-27-19-9-5-6-10-20(19)30-23(27)21-22(29)28(18-13-11-17(25)12-14-18)24(31-21)26-15-16-7-3-2-4-8-16/h2-14H,15H2,1H3/b23-21-,26-24?. The van der Waals surface area contributed by atoms with Crippen molar-refractivity contribution in [3.8, 4) is 0 Å². The lowest BCUT2D eigenvalue weighted by molar-refractivity contribution is -0.113. The predicted octanol–water partition coefficient (Wildman–Crippen LogP) is 5.87. The van der Waals surface area contributed by atoms with Gasteiger partial charge in [0.15, 0.2) is 5.17 Å². The van der Waals surface area contributed by atoms with Gasteiger partial charge >= 0.3 is 0 Å². The van der Waals surface area contributed by atoms with Gasteiger partial charge in [-0.2, -0.15) is 0 Å². The molecule has 0 bridgehead atoms. The number of rotatable bonds is 3. The molecular formula is C24H18FN3OS2. The smallest absolute Gasteiger partial charge is 0.274 e. The third-order valence-electron chi connectivity index (χ3n) is 5.04. The zero-order valence-corrected chi connectivity index (χ0v) is 18.3. The first kappa shape index (κ1) is 19.9. The lowest BCUT2D eigenvalue weighted by atomic mass is 10.2. The van der Waals surface area contributed by atoms with Crippen molar-refractivity contribution in [3.05, 3.63) is 100 Å². The number of amidine groups is 1. The molecule has 2 aliphatic rings. The summed E-state index contributed by atoms with van der Waals surface area (Å²) in [5, 5.41) is 1.47. The van der Waals surface area contributed by atoms with Crippen molar-refractivity contribution in [3.63, 3.8) is 0 Å². The highest BCUT2D eigenvalue weighted by Gasteiger charge is 2.39. The van der Waals surface area contributed by atoms with Crippen molar-refractivity contribution < 1.29 is 9.18 Å². The summed E-state index contributed by atoms with van der Waals surface area (Å²) < 4.78 is 13.5. The second-order valence-electron chi connectivity index (χ2n) is 7.07. The summed E-state index contributed by atoms with van der Waals surface area (Å²) >= 11 is 2.95. The summed E-state index contributed by atoms with van der Waals surface area (Å²) in [5.74, 6) is -0.489. The van der Waals surface area contributed by atoms with Gasteiger partial charge in [-0.25, -0.2) is 4.39 Å². The quantitative estimate of drug-likeness (QED) is 0.470. The summed E-state index contributed by atoms with van der Waals surface area (Å²) in [6, 6.07) is 23.9. The molecule has 3 aromatic rings. The number of anilines is 2. The van der Waals surface area contributed by atoms with E-state index in [1.165, 1.54) is 23.9 Å². The van der Waals surface area contributed by atoms with Gasteiger partial charge in [0.05, 0.1) is 22.9 Å². The van der Waals surface area contributed by atoms with Crippen LogP contribution < -0.4 is 9.80 Å². The van der Waals surface area contributed by atoms with Crippen LogP contribution in [0.2, 0.25) is 0 Å². The number of aliphatic imine (C=N–C) groups is 1. The predicted molar refractivity (Wildman–Crippen MR) is 127 cm³/mol. The van der Waals surface area contributed by atoms with Crippen LogP contribution in [-0.4, -0.2) is 18.1 Å². The molecule has 3 aromatic carbocycles. The molecule has 154 valence electrons. The van der Waals surface area contributed by atoms with E-state index in [9.17, 15) is 9.18 Å². The molecule has 1 saturated heterocycles. The van der Waals surface area contributed by atoms with Gasteiger partial charge in [0, 0.05) is 11.9 Å². The number of thioether (sulfide) groups is 2. The zero-order valence-electron chi connectivity index (χ0n) is 16.7. The molecule has 0 atom stereocenters. The van der Waals surface area contributed by atoms with Crippen molar-refractivity contribution in [2.75, 3.05) is 16.8 Å². The van der Waals surface area contributed by atoms with Crippen molar-refractivity contribution in [2.24, 2.45) is 4.99 Å². The number of hydrogen-bond acceptors (Lipinski definition) is 5. The van der Waals surface area contributed by atoms with E-state index in [2.05, 4.69) is 6.07 Å². The van der Waals surface area contributed by atoms with Crippen molar-refractivity contribution in [1.29, 1.82) is 0 Å². The topological polar surface area (TPSA) is 35.9 Å². The van der Waals surface area contributed by atoms with Gasteiger partial charge in [-0.05, 0) is 53.7 Å². The number of benzene rings is 3. The molecule has 7 heteroatoms. The Labute approximate surface area is 188 Å². The third-order valence-corrected chi connectivity index (χ3v) is 7.47. The normalized spacial score (nSPS) is 19.4. The van der Waals surface area contributed by atoms with Crippen LogP contribution in [0.25, 0.3) is 0 Å². The molecule has 0 N–H and O–H groups in total. The Kier molecular flexibility index (Phi) is 5.29. The minimum absolute atomic E-state index is 0.148. The molecule has 1 fully saturated rings. The fraction of sp³-hybridized carbons (Fsp3) is 0.0833. The highest BCUT2D eigenvalue weighted by Crippen LogP contribution is 2.50. The second-order valence-corrected chi connectivity index (χ2v) is 9.07. The van der Waals surface area contributed by atoms with Crippen LogP contribution in [-0.2, 0) is 11.3 Å². The second kappa shape index (κ2) is 8.24. The minimum Gasteiger partial charge on any atom is -0.337 e. The Bertz CT molecular complexity index is 1210. The molecule has 0 unspecified atom stereocenters. The van der Waals surface area contributed by atoms with E-state index in [0.717, 1.165) is 21.2 Å². The van der Waals surface area contributed by atoms with E-state index in [1.807, 2.05) is 60.5 Å². The van der Waals surface area contributed by atoms with E-state index in [-0.39, 0.29) is 11.7 Å². The summed E-state index contributed by atoms with van der Waals surface area (Å²) in [6.07, 6.45) is 0. The number of halogens is 1. The average molecular weight is 448 g/mol. The summed E-state index contributed by atoms with van der Waals surface area (Å²) in [4.78, 5) is 23.6. The van der Waals surface area contributed by atoms with Crippen molar-refractivity contribution >= 4 is 46.0 Å². The Morgan fingerprint density at radius 1 is 0.903 bits per heavy atom. The van der Waals surface area contributed by atoms with Crippen LogP contribution in [0.15, 0.2) is 98.7 Å². The van der Waals surface area contributed by atoms with Gasteiger partial charge in [-0.1, -0.05) is 54.2 Å². The molecule has 1 amide bonds. The van der Waals surface area contributed by atoms with Crippen LogP contribution in [0.5, 0.6) is 0 Å². The maximum Gasteiger partial charge on any atom is 0.274 e. The van der Waals surface area contributed by atoms with Crippen LogP contribution in [0.3, 0.4) is 0 Å². The van der Waals surface area contributed by atoms with Crippen LogP contribution in [0.4, 0.5) is 15.8 Å². The van der Waals surface area contributed by atoms with Gasteiger partial charge in [-0.15, -0.1) is 0 Å². The molecule has 0 saturated carbocycles. The minimum atomic E-state index is -0.342. The molecule has 2 aliphatic heterocycles. The number of amides is 1. The highest BCUT2D eigenvalue weighted by atomic mass is 32.2. The van der Waals surface area contributed by atoms with E-state index in [1.54, 1.807) is 28.8 Å². The first-order chi connectivity index (χ1) is 15.1. The SMILES string of the molecule is CN1/C(=C2/SC(=NCc3ccccc3)N(c3ccc(F)cc3)C2=O)Sc2ccccc21. The monoisotopic (exact) mass is 447 g/mol. The molecule has 0 aliphatic carbocycles. The summed E-state index contributed by atoms with van der Waals surface area (Å²) in [5.41, 5.74) is 2.74. The summed E-state index contributed by atoms with van der Waals surface area (Å²) in [6.45, 7) is 0.458. The molecule has 0 aromatic heterocycles. The summed E-state index contributed by atoms with van der Waals surface area (Å²) in [7, 11) is 1.97. The van der Waals surface area contributed by atoms with E-state index >= 15 is 0 Å². The fourth-order valence-electron chi connectivity index (χ4n) is 3.47. The van der Waals surface area contributed by atoms with Gasteiger partial charge in [0.2, 0.25) is 0 Å². The molecule has 4 nitrogen and oxygen atoms in total. The van der Waals surface area contributed by atoms with E-state index < -0.39 is 0 Å². The Balaban J connectivity index is 1.55. The lowest BCUT2D eigenvalue weighted by Crippen LogP contribution is -2.29. The lowest BCUT2D eigenvalue weighted by Gasteiger charge is -2.16. The molecule has 2 heterocycles.